The van der Waals surface area contributed by atoms with Gasteiger partial charge in [-0.15, -0.1) is 18.3 Å². The van der Waals surface area contributed by atoms with Crippen molar-refractivity contribution in [1.82, 2.24) is 5.32 Å². The van der Waals surface area contributed by atoms with Gasteiger partial charge in [-0.05, 0) is 54.0 Å². The largest absolute Gasteiger partial charge is 0.493 e. The Hall–Kier alpha value is -2.93. The number of thioether (sulfide) groups is 1. The van der Waals surface area contributed by atoms with Crippen LogP contribution in [0, 0.1) is 0 Å². The van der Waals surface area contributed by atoms with E-state index in [0.29, 0.717) is 35.0 Å². The molecule has 1 aliphatic carbocycles. The van der Waals surface area contributed by atoms with Gasteiger partial charge in [-0.25, -0.2) is 0 Å². The van der Waals surface area contributed by atoms with Gasteiger partial charge in [0.15, 0.2) is 16.9 Å². The molecule has 1 atom stereocenters. The second kappa shape index (κ2) is 9.92. The number of ether oxygens (including phenoxy) is 3. The van der Waals surface area contributed by atoms with Crippen LogP contribution in [-0.4, -0.2) is 33.5 Å². The number of aryl methyl sites for hydroxylation is 1. The van der Waals surface area contributed by atoms with E-state index >= 15 is 0 Å². The highest BCUT2D eigenvalue weighted by atomic mass is 32.2. The molecule has 0 saturated carbocycles. The van der Waals surface area contributed by atoms with Crippen LogP contribution in [0.1, 0.15) is 30.0 Å². The van der Waals surface area contributed by atoms with E-state index in [1.165, 1.54) is 11.8 Å². The summed E-state index contributed by atoms with van der Waals surface area (Å²) in [7, 11) is 4.73. The molecule has 6 nitrogen and oxygen atoms in total. The van der Waals surface area contributed by atoms with Crippen LogP contribution in [0.15, 0.2) is 46.6 Å². The molecule has 0 unspecified atom stereocenters. The van der Waals surface area contributed by atoms with Crippen molar-refractivity contribution in [2.45, 2.75) is 30.2 Å². The minimum atomic E-state index is -0.327. The van der Waals surface area contributed by atoms with Crippen LogP contribution >= 0.6 is 11.8 Å². The number of nitrogens with one attached hydrogen (secondary N) is 1. The van der Waals surface area contributed by atoms with Crippen LogP contribution in [-0.2, 0) is 11.2 Å². The average molecular weight is 442 g/mol. The van der Waals surface area contributed by atoms with Crippen molar-refractivity contribution in [3.63, 3.8) is 0 Å². The fourth-order valence-electron chi connectivity index (χ4n) is 4.00. The average Bonchev–Trinajstić information content (AvgIpc) is 3.01. The van der Waals surface area contributed by atoms with Crippen molar-refractivity contribution in [2.75, 3.05) is 27.6 Å². The van der Waals surface area contributed by atoms with Gasteiger partial charge in [0, 0.05) is 12.0 Å². The van der Waals surface area contributed by atoms with Crippen molar-refractivity contribution in [1.29, 1.82) is 0 Å². The normalized spacial score (nSPS) is 14.5. The monoisotopic (exact) mass is 441 g/mol. The van der Waals surface area contributed by atoms with Crippen LogP contribution in [0.25, 0.3) is 11.1 Å². The van der Waals surface area contributed by atoms with Gasteiger partial charge in [-0.2, -0.15) is 0 Å². The number of fused-ring (bicyclic) bond motifs is 3. The van der Waals surface area contributed by atoms with Crippen LogP contribution in [0.4, 0.5) is 0 Å². The summed E-state index contributed by atoms with van der Waals surface area (Å²) in [6.07, 6.45) is 4.93. The van der Waals surface area contributed by atoms with Gasteiger partial charge in [0.1, 0.15) is 0 Å². The quantitative estimate of drug-likeness (QED) is 0.514. The van der Waals surface area contributed by atoms with Gasteiger partial charge in [-0.1, -0.05) is 12.1 Å². The number of hydrogen-bond donors (Lipinski definition) is 1. The van der Waals surface area contributed by atoms with Crippen LogP contribution in [0.3, 0.4) is 0 Å². The number of amides is 1. The lowest BCUT2D eigenvalue weighted by Gasteiger charge is -2.20. The zero-order valence-corrected chi connectivity index (χ0v) is 19.1. The van der Waals surface area contributed by atoms with Crippen molar-refractivity contribution in [3.8, 4) is 28.4 Å². The predicted octanol–water partition coefficient (Wildman–Crippen LogP) is 4.14. The number of methoxy groups -OCH3 is 3. The lowest BCUT2D eigenvalue weighted by Crippen LogP contribution is -2.28. The molecule has 0 bridgehead atoms. The van der Waals surface area contributed by atoms with E-state index in [1.54, 1.807) is 33.5 Å². The molecule has 0 heterocycles. The van der Waals surface area contributed by atoms with E-state index in [1.807, 2.05) is 24.5 Å². The number of carbonyl (C=O) groups is 1. The summed E-state index contributed by atoms with van der Waals surface area (Å²) in [6, 6.07) is 6.99. The number of benzene rings is 1. The summed E-state index contributed by atoms with van der Waals surface area (Å²) in [4.78, 5) is 25.9. The zero-order chi connectivity index (χ0) is 22.5. The molecule has 7 heteroatoms. The van der Waals surface area contributed by atoms with Crippen molar-refractivity contribution in [3.05, 3.63) is 58.3 Å². The minimum Gasteiger partial charge on any atom is -0.493 e. The first kappa shape index (κ1) is 22.7. The summed E-state index contributed by atoms with van der Waals surface area (Å²) in [5.74, 6) is 1.47. The number of rotatable bonds is 7. The fourth-order valence-corrected chi connectivity index (χ4v) is 4.47. The third-order valence-electron chi connectivity index (χ3n) is 5.39. The highest BCUT2D eigenvalue weighted by Gasteiger charge is 2.29. The van der Waals surface area contributed by atoms with E-state index in [9.17, 15) is 9.59 Å². The topological polar surface area (TPSA) is 73.9 Å². The predicted molar refractivity (Wildman–Crippen MR) is 124 cm³/mol. The van der Waals surface area contributed by atoms with Crippen LogP contribution in [0.5, 0.6) is 17.2 Å². The van der Waals surface area contributed by atoms with Crippen molar-refractivity contribution in [2.24, 2.45) is 0 Å². The van der Waals surface area contributed by atoms with E-state index in [-0.39, 0.29) is 23.8 Å². The molecule has 1 N–H and O–H groups in total. The molecule has 1 amide bonds. The second-order valence-corrected chi connectivity index (χ2v) is 7.96. The number of carbonyl (C=O) groups excluding carboxylic acids is 1. The summed E-state index contributed by atoms with van der Waals surface area (Å²) in [6.45, 7) is 3.64. The summed E-state index contributed by atoms with van der Waals surface area (Å²) >= 11 is 1.39. The van der Waals surface area contributed by atoms with E-state index in [2.05, 4.69) is 11.9 Å². The molecular formula is C24H27NO5S. The zero-order valence-electron chi connectivity index (χ0n) is 18.2. The first-order valence-electron chi connectivity index (χ1n) is 9.93. The molecule has 2 aromatic carbocycles. The lowest BCUT2D eigenvalue weighted by molar-refractivity contribution is -0.121. The van der Waals surface area contributed by atoms with Crippen LogP contribution in [0.2, 0.25) is 0 Å². The highest BCUT2D eigenvalue weighted by molar-refractivity contribution is 7.98. The first-order chi connectivity index (χ1) is 15.0. The molecule has 0 radical (unpaired) electrons. The molecule has 0 aliphatic heterocycles. The second-order valence-electron chi connectivity index (χ2n) is 7.11. The lowest BCUT2D eigenvalue weighted by atomic mass is 9.95. The molecule has 0 fully saturated rings. The highest BCUT2D eigenvalue weighted by Crippen LogP contribution is 2.50. The Kier molecular flexibility index (Phi) is 7.28. The van der Waals surface area contributed by atoms with Gasteiger partial charge in [0.05, 0.1) is 32.3 Å². The van der Waals surface area contributed by atoms with Crippen molar-refractivity contribution >= 4 is 17.7 Å². The maximum atomic E-state index is 12.9. The third-order valence-corrected chi connectivity index (χ3v) is 6.16. The van der Waals surface area contributed by atoms with Gasteiger partial charge < -0.3 is 19.5 Å². The summed E-state index contributed by atoms with van der Waals surface area (Å²) in [5, 5.41) is 3.06. The molecule has 3 rings (SSSR count). The number of hydrogen-bond acceptors (Lipinski definition) is 6. The summed E-state index contributed by atoms with van der Waals surface area (Å²) < 4.78 is 16.9. The van der Waals surface area contributed by atoms with Gasteiger partial charge in [-0.3, -0.25) is 9.59 Å². The molecule has 164 valence electrons. The third kappa shape index (κ3) is 4.42. The smallest absolute Gasteiger partial charge is 0.224 e. The Morgan fingerprint density at radius 3 is 2.55 bits per heavy atom. The minimum absolute atomic E-state index is 0.0837. The Bertz CT molecular complexity index is 1070. The van der Waals surface area contributed by atoms with Crippen molar-refractivity contribution < 1.29 is 19.0 Å². The van der Waals surface area contributed by atoms with E-state index in [4.69, 9.17) is 14.2 Å². The Labute approximate surface area is 186 Å². The Morgan fingerprint density at radius 1 is 1.19 bits per heavy atom. The molecule has 0 aromatic heterocycles. The maximum Gasteiger partial charge on any atom is 0.224 e. The molecular weight excluding hydrogens is 414 g/mol. The van der Waals surface area contributed by atoms with E-state index in [0.717, 1.165) is 22.3 Å². The molecule has 0 spiro atoms. The van der Waals surface area contributed by atoms with Gasteiger partial charge >= 0.3 is 0 Å². The fraction of sp³-hybridized carbons (Fsp3) is 0.333. The standard InChI is InChI=1S/C24H27NO5S/c1-6-7-21(27)25-17-10-8-14-12-19(28-2)23(29-3)24(30-4)22(14)15-9-11-20(31-5)18(26)13-16(15)17/h6,9,11-13,17H,1,7-8,10H2,2-5H3,(H,25,27)/t17-/m0/s1. The Morgan fingerprint density at radius 2 is 1.94 bits per heavy atom. The Balaban J connectivity index is 2.35. The molecule has 0 saturated heterocycles. The maximum absolute atomic E-state index is 12.9. The molecule has 2 aromatic rings. The van der Waals surface area contributed by atoms with Crippen LogP contribution < -0.4 is 25.0 Å². The molecule has 1 aliphatic rings. The van der Waals surface area contributed by atoms with E-state index < -0.39 is 0 Å². The summed E-state index contributed by atoms with van der Waals surface area (Å²) in [5.41, 5.74) is 3.34. The SMILES string of the molecule is C=CCC(=O)N[C@H]1CCc2cc(OC)c(OC)c(OC)c2-c2ccc(SC)c(=O)cc21. The van der Waals surface area contributed by atoms with Gasteiger partial charge in [0.25, 0.3) is 0 Å². The molecule has 31 heavy (non-hydrogen) atoms. The first-order valence-corrected chi connectivity index (χ1v) is 11.2. The van der Waals surface area contributed by atoms with Gasteiger partial charge in [0.2, 0.25) is 11.7 Å².